The Morgan fingerprint density at radius 1 is 1.37 bits per heavy atom. The van der Waals surface area contributed by atoms with Crippen LogP contribution in [0, 0.1) is 0 Å². The number of aliphatic hydroxyl groups is 1. The minimum absolute atomic E-state index is 0. The Labute approximate surface area is 195 Å². The van der Waals surface area contributed by atoms with E-state index in [0.29, 0.717) is 11.7 Å². The quantitative estimate of drug-likeness (QED) is 0.304. The Morgan fingerprint density at radius 3 is 2.57 bits per heavy atom. The molecule has 3 heterocycles. The maximum Gasteiger partial charge on any atom is 0.410 e. The Balaban J connectivity index is 0.00000320. The monoisotopic (exact) mass is 534 g/mol. The molecule has 0 saturated carbocycles. The lowest BCUT2D eigenvalue weighted by atomic mass is 9.98. The molecule has 9 heteroatoms. The number of aliphatic hydroxyl groups excluding tert-OH is 1. The molecule has 1 aromatic rings. The van der Waals surface area contributed by atoms with Crippen LogP contribution in [0.4, 0.5) is 4.79 Å². The molecule has 3 unspecified atom stereocenters. The van der Waals surface area contributed by atoms with Crippen molar-refractivity contribution in [2.24, 2.45) is 4.99 Å². The fourth-order valence-corrected chi connectivity index (χ4v) is 4.17. The normalized spacial score (nSPS) is 24.8. The van der Waals surface area contributed by atoms with Crippen LogP contribution in [0.1, 0.15) is 65.2 Å². The van der Waals surface area contributed by atoms with Crippen molar-refractivity contribution in [2.45, 2.75) is 83.2 Å². The van der Waals surface area contributed by atoms with Gasteiger partial charge >= 0.3 is 6.09 Å². The van der Waals surface area contributed by atoms with Crippen molar-refractivity contribution in [3.63, 3.8) is 0 Å². The van der Waals surface area contributed by atoms with E-state index in [-0.39, 0.29) is 54.7 Å². The molecule has 2 saturated heterocycles. The third-order valence-electron chi connectivity index (χ3n) is 5.32. The zero-order chi connectivity index (χ0) is 21.0. The molecule has 3 rings (SSSR count). The predicted molar refractivity (Wildman–Crippen MR) is 126 cm³/mol. The summed E-state index contributed by atoms with van der Waals surface area (Å²) in [4.78, 5) is 19.1. The number of carbonyl (C=O) groups is 1. The number of nitrogens with zero attached hydrogens (tertiary/aromatic N) is 2. The highest BCUT2D eigenvalue weighted by molar-refractivity contribution is 14.0. The number of furan rings is 1. The van der Waals surface area contributed by atoms with Crippen molar-refractivity contribution >= 4 is 36.0 Å². The van der Waals surface area contributed by atoms with E-state index in [1.807, 2.05) is 32.6 Å². The summed E-state index contributed by atoms with van der Waals surface area (Å²) in [6.45, 7) is 8.65. The molecule has 3 atom stereocenters. The molecule has 0 radical (unpaired) electrons. The minimum Gasteiger partial charge on any atom is -0.467 e. The number of carbonyl (C=O) groups excluding carboxylic acids is 1. The van der Waals surface area contributed by atoms with Gasteiger partial charge in [-0.15, -0.1) is 24.0 Å². The molecule has 0 aromatic carbocycles. The van der Waals surface area contributed by atoms with Gasteiger partial charge in [0.1, 0.15) is 17.5 Å². The fourth-order valence-electron chi connectivity index (χ4n) is 4.17. The number of halogens is 1. The first-order chi connectivity index (χ1) is 13.8. The summed E-state index contributed by atoms with van der Waals surface area (Å²) in [5.41, 5.74) is -0.481. The average molecular weight is 534 g/mol. The second-order valence-corrected chi connectivity index (χ2v) is 8.84. The molecule has 8 nitrogen and oxygen atoms in total. The molecule has 30 heavy (non-hydrogen) atoms. The van der Waals surface area contributed by atoms with Crippen LogP contribution >= 0.6 is 24.0 Å². The van der Waals surface area contributed by atoms with Gasteiger partial charge in [-0.1, -0.05) is 0 Å². The Morgan fingerprint density at radius 2 is 2.03 bits per heavy atom. The highest BCUT2D eigenvalue weighted by Crippen LogP contribution is 2.36. The molecule has 2 aliphatic heterocycles. The lowest BCUT2D eigenvalue weighted by molar-refractivity contribution is 0.00544. The van der Waals surface area contributed by atoms with E-state index >= 15 is 0 Å². The topological polar surface area (TPSA) is 99.3 Å². The second kappa shape index (κ2) is 10.7. The fraction of sp³-hybridized carbons (Fsp3) is 0.714. The summed E-state index contributed by atoms with van der Waals surface area (Å²) in [6, 6.07) is 4.10. The smallest absolute Gasteiger partial charge is 0.410 e. The number of guanidine groups is 1. The SMILES string of the molecule is CCNC(=NCC(O)c1ccco1)NC1CC2CCC(C1)N2C(=O)OC(C)(C)C.I. The number of amides is 1. The van der Waals surface area contributed by atoms with Gasteiger partial charge in [0, 0.05) is 24.7 Å². The highest BCUT2D eigenvalue weighted by atomic mass is 127. The standard InChI is InChI=1S/C21H34N4O4.HI/c1-5-22-19(23-13-17(26)18-7-6-10-28-18)24-14-11-15-8-9-16(12-14)25(15)20(27)29-21(2,3)4;/h6-7,10,14-17,26H,5,8-9,11-13H2,1-4H3,(H2,22,23,24);1H. The number of ether oxygens (including phenoxy) is 1. The summed E-state index contributed by atoms with van der Waals surface area (Å²) in [7, 11) is 0. The predicted octanol–water partition coefficient (Wildman–Crippen LogP) is 3.42. The van der Waals surface area contributed by atoms with Crippen LogP contribution in [0.5, 0.6) is 0 Å². The van der Waals surface area contributed by atoms with Crippen molar-refractivity contribution in [3.8, 4) is 0 Å². The van der Waals surface area contributed by atoms with Crippen LogP contribution in [0.2, 0.25) is 0 Å². The minimum atomic E-state index is -0.773. The van der Waals surface area contributed by atoms with Crippen LogP contribution < -0.4 is 10.6 Å². The van der Waals surface area contributed by atoms with Gasteiger partial charge in [0.25, 0.3) is 0 Å². The Hall–Kier alpha value is -1.49. The third-order valence-corrected chi connectivity index (χ3v) is 5.32. The average Bonchev–Trinajstić information content (AvgIpc) is 3.25. The lowest BCUT2D eigenvalue weighted by Gasteiger charge is -2.40. The largest absolute Gasteiger partial charge is 0.467 e. The first kappa shape index (κ1) is 24.8. The van der Waals surface area contributed by atoms with Gasteiger partial charge in [-0.05, 0) is 65.5 Å². The van der Waals surface area contributed by atoms with Crippen LogP contribution in [0.25, 0.3) is 0 Å². The summed E-state index contributed by atoms with van der Waals surface area (Å²) < 4.78 is 10.8. The second-order valence-electron chi connectivity index (χ2n) is 8.84. The summed E-state index contributed by atoms with van der Waals surface area (Å²) >= 11 is 0. The zero-order valence-corrected chi connectivity index (χ0v) is 20.6. The molecule has 0 aliphatic carbocycles. The Bertz CT molecular complexity index is 690. The number of hydrogen-bond donors (Lipinski definition) is 3. The van der Waals surface area contributed by atoms with E-state index in [4.69, 9.17) is 9.15 Å². The zero-order valence-electron chi connectivity index (χ0n) is 18.3. The highest BCUT2D eigenvalue weighted by Gasteiger charge is 2.45. The molecular formula is C21H35IN4O4. The number of rotatable bonds is 5. The van der Waals surface area contributed by atoms with Crippen LogP contribution in [-0.2, 0) is 4.74 Å². The summed E-state index contributed by atoms with van der Waals surface area (Å²) in [5.74, 6) is 1.18. The van der Waals surface area contributed by atoms with Gasteiger partial charge in [-0.25, -0.2) is 4.79 Å². The Kier molecular flexibility index (Phi) is 8.84. The molecule has 3 N–H and O–H groups in total. The molecule has 0 spiro atoms. The van der Waals surface area contributed by atoms with Crippen molar-refractivity contribution < 1.29 is 19.1 Å². The summed E-state index contributed by atoms with van der Waals surface area (Å²) in [5, 5.41) is 16.9. The molecular weight excluding hydrogens is 499 g/mol. The maximum absolute atomic E-state index is 12.6. The van der Waals surface area contributed by atoms with E-state index in [1.54, 1.807) is 18.4 Å². The van der Waals surface area contributed by atoms with Gasteiger partial charge in [-0.3, -0.25) is 4.99 Å². The molecule has 2 aliphatic rings. The molecule has 170 valence electrons. The van der Waals surface area contributed by atoms with Gasteiger partial charge in [0.05, 0.1) is 12.8 Å². The number of nitrogens with one attached hydrogen (secondary N) is 2. The van der Waals surface area contributed by atoms with Crippen LogP contribution in [0.15, 0.2) is 27.8 Å². The van der Waals surface area contributed by atoms with Crippen molar-refractivity contribution in [3.05, 3.63) is 24.2 Å². The molecule has 1 amide bonds. The third kappa shape index (κ3) is 6.50. The van der Waals surface area contributed by atoms with Gasteiger partial charge in [0.15, 0.2) is 5.96 Å². The van der Waals surface area contributed by atoms with E-state index in [0.717, 1.165) is 32.2 Å². The van der Waals surface area contributed by atoms with Crippen LogP contribution in [-0.4, -0.2) is 58.9 Å². The van der Waals surface area contributed by atoms with Crippen molar-refractivity contribution in [1.82, 2.24) is 15.5 Å². The van der Waals surface area contributed by atoms with Gasteiger partial charge < -0.3 is 29.8 Å². The first-order valence-electron chi connectivity index (χ1n) is 10.5. The lowest BCUT2D eigenvalue weighted by Crippen LogP contribution is -2.55. The van der Waals surface area contributed by atoms with Crippen molar-refractivity contribution in [2.75, 3.05) is 13.1 Å². The first-order valence-corrected chi connectivity index (χ1v) is 10.5. The molecule has 1 aromatic heterocycles. The van der Waals surface area contributed by atoms with E-state index in [2.05, 4.69) is 15.6 Å². The maximum atomic E-state index is 12.6. The number of hydrogen-bond acceptors (Lipinski definition) is 5. The van der Waals surface area contributed by atoms with E-state index in [9.17, 15) is 9.90 Å². The van der Waals surface area contributed by atoms with Gasteiger partial charge in [-0.2, -0.15) is 0 Å². The number of aliphatic imine (C=N–C) groups is 1. The number of fused-ring (bicyclic) bond motifs is 2. The van der Waals surface area contributed by atoms with E-state index < -0.39 is 11.7 Å². The van der Waals surface area contributed by atoms with Crippen molar-refractivity contribution in [1.29, 1.82) is 0 Å². The number of piperidine rings is 1. The molecule has 2 bridgehead atoms. The van der Waals surface area contributed by atoms with E-state index in [1.165, 1.54) is 0 Å². The summed E-state index contributed by atoms with van der Waals surface area (Å²) in [6.07, 6.45) is 4.30. The molecule has 2 fully saturated rings. The van der Waals surface area contributed by atoms with Crippen LogP contribution in [0.3, 0.4) is 0 Å². The van der Waals surface area contributed by atoms with Gasteiger partial charge in [0.2, 0.25) is 0 Å².